The first-order valence-corrected chi connectivity index (χ1v) is 17.5. The number of pyridine rings is 1. The summed E-state index contributed by atoms with van der Waals surface area (Å²) < 4.78 is 78.2. The zero-order valence-electron chi connectivity index (χ0n) is 26.3. The number of halogens is 1. The van der Waals surface area contributed by atoms with Gasteiger partial charge in [-0.2, -0.15) is 5.10 Å². The fraction of sp³-hybridized carbons (Fsp3) is 0.176. The van der Waals surface area contributed by atoms with Gasteiger partial charge in [-0.1, -0.05) is 35.9 Å². The van der Waals surface area contributed by atoms with Crippen LogP contribution in [0.15, 0.2) is 95.0 Å². The van der Waals surface area contributed by atoms with Crippen LogP contribution < -0.4 is 9.46 Å². The van der Waals surface area contributed by atoms with Crippen LogP contribution in [0.2, 0.25) is 0 Å². The van der Waals surface area contributed by atoms with E-state index in [2.05, 4.69) is 9.71 Å². The molecule has 0 aliphatic rings. The molecule has 6 rings (SSSR count). The van der Waals surface area contributed by atoms with Crippen molar-refractivity contribution >= 4 is 31.1 Å². The van der Waals surface area contributed by atoms with E-state index in [1.165, 1.54) is 42.5 Å². The molecule has 0 aliphatic carbocycles. The summed E-state index contributed by atoms with van der Waals surface area (Å²) >= 11 is 0. The van der Waals surface area contributed by atoms with E-state index in [-0.39, 0.29) is 27.0 Å². The molecule has 0 saturated carbocycles. The minimum absolute atomic E-state index is 0.0508. The van der Waals surface area contributed by atoms with Crippen LogP contribution in [0.5, 0.6) is 5.75 Å². The van der Waals surface area contributed by atoms with E-state index < -0.39 is 20.0 Å². The number of fused-ring (bicyclic) bond motifs is 1. The average Bonchev–Trinajstić information content (AvgIpc) is 3.56. The fourth-order valence-electron chi connectivity index (χ4n) is 5.67. The first-order chi connectivity index (χ1) is 22.3. The summed E-state index contributed by atoms with van der Waals surface area (Å²) in [4.78, 5) is 4.68. The van der Waals surface area contributed by atoms with Crippen LogP contribution in [0.4, 0.5) is 4.39 Å². The van der Waals surface area contributed by atoms with Gasteiger partial charge in [-0.25, -0.2) is 34.9 Å². The van der Waals surface area contributed by atoms with Gasteiger partial charge < -0.3 is 4.74 Å². The van der Waals surface area contributed by atoms with Crippen LogP contribution in [-0.4, -0.2) is 49.7 Å². The van der Waals surface area contributed by atoms with Crippen LogP contribution in [0.1, 0.15) is 22.5 Å². The van der Waals surface area contributed by atoms with Crippen molar-refractivity contribution in [3.63, 3.8) is 0 Å². The van der Waals surface area contributed by atoms with Gasteiger partial charge in [0.1, 0.15) is 16.5 Å². The topological polar surface area (TPSA) is 125 Å². The predicted octanol–water partition coefficient (Wildman–Crippen LogP) is 5.83. The van der Waals surface area contributed by atoms with Gasteiger partial charge in [0.25, 0.3) is 10.0 Å². The zero-order valence-corrected chi connectivity index (χ0v) is 27.9. The Balaban J connectivity index is 1.58. The van der Waals surface area contributed by atoms with E-state index >= 15 is 0 Å². The summed E-state index contributed by atoms with van der Waals surface area (Å²) in [5, 5.41) is 5.25. The van der Waals surface area contributed by atoms with Crippen LogP contribution in [0.3, 0.4) is 0 Å². The SMILES string of the molecule is CNS(=O)(=O)c1cc(-c2cnc3c(c2)c(-c2c(C)nn(Cc4cccc(F)c4)c2C)cn3S(=O)(=O)c2ccc(C)cc2)ccc1OC. The maximum absolute atomic E-state index is 14.0. The van der Waals surface area contributed by atoms with Crippen LogP contribution in [-0.2, 0) is 26.6 Å². The number of hydrogen-bond donors (Lipinski definition) is 1. The van der Waals surface area contributed by atoms with Crippen molar-refractivity contribution in [2.75, 3.05) is 14.2 Å². The monoisotopic (exact) mass is 673 g/mol. The van der Waals surface area contributed by atoms with Gasteiger partial charge in [0.2, 0.25) is 10.0 Å². The normalized spacial score (nSPS) is 12.1. The Hall–Kier alpha value is -4.85. The highest BCUT2D eigenvalue weighted by atomic mass is 32.2. The Labute approximate surface area is 272 Å². The maximum atomic E-state index is 14.0. The number of benzene rings is 3. The van der Waals surface area contributed by atoms with Crippen molar-refractivity contribution in [2.24, 2.45) is 0 Å². The third kappa shape index (κ3) is 5.81. The minimum Gasteiger partial charge on any atom is -0.495 e. The van der Waals surface area contributed by atoms with Gasteiger partial charge in [0.05, 0.1) is 24.2 Å². The molecule has 3 aromatic heterocycles. The molecule has 0 fully saturated rings. The summed E-state index contributed by atoms with van der Waals surface area (Å²) in [5.41, 5.74) is 5.59. The van der Waals surface area contributed by atoms with E-state index in [1.807, 2.05) is 26.8 Å². The molecule has 10 nitrogen and oxygen atoms in total. The molecule has 242 valence electrons. The number of sulfonamides is 1. The molecule has 3 aromatic carbocycles. The number of hydrogen-bond acceptors (Lipinski definition) is 7. The molecule has 0 atom stereocenters. The predicted molar refractivity (Wildman–Crippen MR) is 178 cm³/mol. The lowest BCUT2D eigenvalue weighted by Gasteiger charge is -2.11. The first-order valence-electron chi connectivity index (χ1n) is 14.6. The molecule has 0 bridgehead atoms. The minimum atomic E-state index is -4.08. The number of aryl methyl sites for hydroxylation is 2. The largest absolute Gasteiger partial charge is 0.495 e. The van der Waals surface area contributed by atoms with Crippen molar-refractivity contribution in [2.45, 2.75) is 37.1 Å². The van der Waals surface area contributed by atoms with Crippen molar-refractivity contribution < 1.29 is 26.0 Å². The van der Waals surface area contributed by atoms with Crippen molar-refractivity contribution in [3.8, 4) is 28.0 Å². The molecule has 0 amide bonds. The van der Waals surface area contributed by atoms with Crippen LogP contribution >= 0.6 is 0 Å². The molecule has 3 heterocycles. The van der Waals surface area contributed by atoms with Gasteiger partial charge >= 0.3 is 0 Å². The standard InChI is InChI=1S/C34H32FN5O5S2/c1-21-9-12-28(13-10-21)47(43,44)40-20-30(33-22(2)38-39(23(33)3)19-24-7-6-8-27(35)15-24)29-16-26(18-37-34(29)40)25-11-14-31(45-5)32(17-25)46(41,42)36-4/h6-18,20,36H,19H2,1-5H3. The number of rotatable bonds is 9. The van der Waals surface area contributed by atoms with E-state index in [0.29, 0.717) is 39.9 Å². The lowest BCUT2D eigenvalue weighted by Crippen LogP contribution is -2.19. The molecule has 0 unspecified atom stereocenters. The van der Waals surface area contributed by atoms with Gasteiger partial charge in [-0.3, -0.25) is 4.68 Å². The summed E-state index contributed by atoms with van der Waals surface area (Å²) in [6, 6.07) is 19.4. The highest BCUT2D eigenvalue weighted by Crippen LogP contribution is 2.38. The zero-order chi connectivity index (χ0) is 33.7. The number of aromatic nitrogens is 4. The van der Waals surface area contributed by atoms with Crippen molar-refractivity contribution in [1.29, 1.82) is 0 Å². The van der Waals surface area contributed by atoms with Crippen molar-refractivity contribution in [1.82, 2.24) is 23.5 Å². The number of nitrogens with zero attached hydrogens (tertiary/aromatic N) is 4. The molecule has 0 spiro atoms. The molecule has 13 heteroatoms. The molecule has 0 radical (unpaired) electrons. The highest BCUT2D eigenvalue weighted by molar-refractivity contribution is 7.90. The highest BCUT2D eigenvalue weighted by Gasteiger charge is 2.27. The smallest absolute Gasteiger partial charge is 0.269 e. The third-order valence-electron chi connectivity index (χ3n) is 8.12. The Morgan fingerprint density at radius 1 is 0.915 bits per heavy atom. The van der Waals surface area contributed by atoms with Crippen LogP contribution in [0.25, 0.3) is 33.3 Å². The Morgan fingerprint density at radius 3 is 2.34 bits per heavy atom. The molecule has 1 N–H and O–H groups in total. The lowest BCUT2D eigenvalue weighted by atomic mass is 10.0. The Bertz CT molecular complexity index is 2380. The van der Waals surface area contributed by atoms with Crippen molar-refractivity contribution in [3.05, 3.63) is 114 Å². The average molecular weight is 674 g/mol. The maximum Gasteiger partial charge on any atom is 0.269 e. The summed E-state index contributed by atoms with van der Waals surface area (Å²) in [6.07, 6.45) is 3.06. The molecule has 0 aliphatic heterocycles. The van der Waals surface area contributed by atoms with Gasteiger partial charge in [-0.05, 0) is 81.4 Å². The van der Waals surface area contributed by atoms with E-state index in [4.69, 9.17) is 9.84 Å². The molecule has 0 saturated heterocycles. The van der Waals surface area contributed by atoms with E-state index in [1.54, 1.807) is 59.4 Å². The van der Waals surface area contributed by atoms with Gasteiger partial charge in [0, 0.05) is 40.2 Å². The quantitative estimate of drug-likeness (QED) is 0.205. The molecule has 47 heavy (non-hydrogen) atoms. The number of methoxy groups -OCH3 is 1. The first kappa shape index (κ1) is 32.1. The summed E-state index contributed by atoms with van der Waals surface area (Å²) in [6.45, 7) is 5.89. The van der Waals surface area contributed by atoms with Gasteiger partial charge in [0.15, 0.2) is 5.65 Å². The third-order valence-corrected chi connectivity index (χ3v) is 11.2. The second kappa shape index (κ2) is 12.1. The Morgan fingerprint density at radius 2 is 1.66 bits per heavy atom. The summed E-state index contributed by atoms with van der Waals surface area (Å²) in [7, 11) is -5.24. The lowest BCUT2D eigenvalue weighted by molar-refractivity contribution is 0.402. The van der Waals surface area contributed by atoms with Crippen LogP contribution in [0, 0.1) is 26.6 Å². The number of ether oxygens (including phenoxy) is 1. The van der Waals surface area contributed by atoms with Gasteiger partial charge in [-0.15, -0.1) is 0 Å². The molecular weight excluding hydrogens is 642 g/mol. The molecular formula is C34H32FN5O5S2. The van der Waals surface area contributed by atoms with E-state index in [9.17, 15) is 21.2 Å². The molecule has 6 aromatic rings. The summed E-state index contributed by atoms with van der Waals surface area (Å²) in [5.74, 6) is -0.179. The second-order valence-electron chi connectivity index (χ2n) is 11.2. The van der Waals surface area contributed by atoms with E-state index in [0.717, 1.165) is 16.8 Å². The second-order valence-corrected chi connectivity index (χ2v) is 14.8. The number of nitrogens with one attached hydrogen (secondary N) is 1. The Kier molecular flexibility index (Phi) is 8.24. The fourth-order valence-corrected chi connectivity index (χ4v) is 7.91.